The standard InChI is InChI=1S/C24H18O4/c25-19-11-3-1-7-15(19)16-9-5-13-21(27)23(16)18-10-6-14-22(28)24(18)17-8-2-4-12-20(17)26/h1-14,25-28H. The number of aromatic hydroxyl groups is 4. The molecular formula is C24H18O4. The molecule has 4 nitrogen and oxygen atoms in total. The average molecular weight is 370 g/mol. The highest BCUT2D eigenvalue weighted by Crippen LogP contribution is 2.48. The highest BCUT2D eigenvalue weighted by molar-refractivity contribution is 5.98. The van der Waals surface area contributed by atoms with Gasteiger partial charge in [-0.05, 0) is 35.4 Å². The molecule has 0 unspecified atom stereocenters. The number of hydrogen-bond donors (Lipinski definition) is 4. The van der Waals surface area contributed by atoms with Gasteiger partial charge in [-0.15, -0.1) is 0 Å². The van der Waals surface area contributed by atoms with Crippen molar-refractivity contribution in [3.8, 4) is 56.4 Å². The maximum Gasteiger partial charge on any atom is 0.124 e. The maximum atomic E-state index is 10.7. The summed E-state index contributed by atoms with van der Waals surface area (Å²) in [5, 5.41) is 42.0. The normalized spacial score (nSPS) is 10.7. The summed E-state index contributed by atoms with van der Waals surface area (Å²) < 4.78 is 0. The van der Waals surface area contributed by atoms with E-state index in [1.807, 2.05) is 0 Å². The Labute approximate surface area is 162 Å². The molecule has 0 saturated heterocycles. The molecule has 0 fully saturated rings. The monoisotopic (exact) mass is 370 g/mol. The Hall–Kier alpha value is -3.92. The Kier molecular flexibility index (Phi) is 4.38. The van der Waals surface area contributed by atoms with Crippen molar-refractivity contribution in [2.45, 2.75) is 0 Å². The number of rotatable bonds is 3. The molecule has 4 aromatic carbocycles. The summed E-state index contributed by atoms with van der Waals surface area (Å²) in [6.45, 7) is 0. The Morgan fingerprint density at radius 1 is 0.321 bits per heavy atom. The lowest BCUT2D eigenvalue weighted by Crippen LogP contribution is -1.91. The minimum atomic E-state index is -0.0227. The molecule has 0 atom stereocenters. The minimum absolute atomic E-state index is 0.00280. The van der Waals surface area contributed by atoms with Crippen molar-refractivity contribution in [2.24, 2.45) is 0 Å². The lowest BCUT2D eigenvalue weighted by Gasteiger charge is -2.18. The third-order valence-corrected chi connectivity index (χ3v) is 4.72. The fourth-order valence-corrected chi connectivity index (χ4v) is 3.47. The average Bonchev–Trinajstić information content (AvgIpc) is 2.69. The van der Waals surface area contributed by atoms with Crippen LogP contribution in [0.25, 0.3) is 33.4 Å². The summed E-state index contributed by atoms with van der Waals surface area (Å²) >= 11 is 0. The Morgan fingerprint density at radius 3 is 1.29 bits per heavy atom. The molecule has 4 heteroatoms. The minimum Gasteiger partial charge on any atom is -0.507 e. The first-order chi connectivity index (χ1) is 13.6. The highest BCUT2D eigenvalue weighted by atomic mass is 16.3. The van der Waals surface area contributed by atoms with Crippen molar-refractivity contribution >= 4 is 0 Å². The predicted octanol–water partition coefficient (Wildman–Crippen LogP) is 5.51. The molecule has 0 amide bonds. The fourth-order valence-electron chi connectivity index (χ4n) is 3.47. The van der Waals surface area contributed by atoms with Gasteiger partial charge in [0.2, 0.25) is 0 Å². The lowest BCUT2D eigenvalue weighted by molar-refractivity contribution is 0.468. The van der Waals surface area contributed by atoms with E-state index in [1.54, 1.807) is 78.9 Å². The van der Waals surface area contributed by atoms with Crippen LogP contribution < -0.4 is 0 Å². The van der Waals surface area contributed by atoms with Gasteiger partial charge in [0.25, 0.3) is 0 Å². The topological polar surface area (TPSA) is 80.9 Å². The van der Waals surface area contributed by atoms with Crippen molar-refractivity contribution in [3.05, 3.63) is 84.9 Å². The van der Waals surface area contributed by atoms with Crippen LogP contribution in [-0.4, -0.2) is 20.4 Å². The highest BCUT2D eigenvalue weighted by Gasteiger charge is 2.21. The molecule has 138 valence electrons. The van der Waals surface area contributed by atoms with Crippen LogP contribution in [0.5, 0.6) is 23.0 Å². The van der Waals surface area contributed by atoms with E-state index >= 15 is 0 Å². The van der Waals surface area contributed by atoms with E-state index in [4.69, 9.17) is 0 Å². The quantitative estimate of drug-likeness (QED) is 0.383. The third kappa shape index (κ3) is 2.91. The molecule has 4 N–H and O–H groups in total. The molecule has 0 bridgehead atoms. The van der Waals surface area contributed by atoms with Crippen molar-refractivity contribution < 1.29 is 20.4 Å². The number of phenolic OH excluding ortho intramolecular Hbond substituents is 4. The molecule has 0 aliphatic carbocycles. The zero-order valence-electron chi connectivity index (χ0n) is 14.9. The van der Waals surface area contributed by atoms with Gasteiger partial charge in [0.15, 0.2) is 0 Å². The zero-order chi connectivity index (χ0) is 19.7. The summed E-state index contributed by atoms with van der Waals surface area (Å²) in [5.41, 5.74) is 3.01. The first kappa shape index (κ1) is 17.5. The summed E-state index contributed by atoms with van der Waals surface area (Å²) in [6, 6.07) is 23.6. The van der Waals surface area contributed by atoms with E-state index in [9.17, 15) is 20.4 Å². The Morgan fingerprint density at radius 2 is 0.714 bits per heavy atom. The molecule has 0 spiro atoms. The first-order valence-corrected chi connectivity index (χ1v) is 8.79. The van der Waals surface area contributed by atoms with Gasteiger partial charge in [0, 0.05) is 22.3 Å². The van der Waals surface area contributed by atoms with E-state index in [0.29, 0.717) is 33.4 Å². The van der Waals surface area contributed by atoms with Gasteiger partial charge in [-0.2, -0.15) is 0 Å². The molecule has 0 heterocycles. The first-order valence-electron chi connectivity index (χ1n) is 8.79. The van der Waals surface area contributed by atoms with Gasteiger partial charge < -0.3 is 20.4 Å². The predicted molar refractivity (Wildman–Crippen MR) is 109 cm³/mol. The molecule has 28 heavy (non-hydrogen) atoms. The van der Waals surface area contributed by atoms with Gasteiger partial charge in [-0.25, -0.2) is 0 Å². The molecule has 0 aliphatic rings. The van der Waals surface area contributed by atoms with Crippen LogP contribution in [0, 0.1) is 0 Å². The van der Waals surface area contributed by atoms with Crippen molar-refractivity contribution in [1.29, 1.82) is 0 Å². The van der Waals surface area contributed by atoms with Crippen LogP contribution in [0.2, 0.25) is 0 Å². The molecule has 4 rings (SSSR count). The lowest BCUT2D eigenvalue weighted by atomic mass is 9.88. The third-order valence-electron chi connectivity index (χ3n) is 4.72. The van der Waals surface area contributed by atoms with Crippen LogP contribution in [0.4, 0.5) is 0 Å². The number of benzene rings is 4. The van der Waals surface area contributed by atoms with Crippen LogP contribution in [0.1, 0.15) is 0 Å². The van der Waals surface area contributed by atoms with Crippen LogP contribution in [0.3, 0.4) is 0 Å². The van der Waals surface area contributed by atoms with Gasteiger partial charge in [0.1, 0.15) is 23.0 Å². The summed E-state index contributed by atoms with van der Waals surface area (Å²) in [5.74, 6) is 0.0805. The van der Waals surface area contributed by atoms with E-state index in [-0.39, 0.29) is 23.0 Å². The Balaban J connectivity index is 2.07. The number of para-hydroxylation sites is 2. The number of hydrogen-bond acceptors (Lipinski definition) is 4. The van der Waals surface area contributed by atoms with Crippen LogP contribution in [0.15, 0.2) is 84.9 Å². The van der Waals surface area contributed by atoms with E-state index in [2.05, 4.69) is 0 Å². The molecule has 4 aromatic rings. The second-order valence-corrected chi connectivity index (χ2v) is 6.43. The van der Waals surface area contributed by atoms with Gasteiger partial charge in [0.05, 0.1) is 0 Å². The van der Waals surface area contributed by atoms with Crippen LogP contribution in [-0.2, 0) is 0 Å². The maximum absolute atomic E-state index is 10.7. The van der Waals surface area contributed by atoms with E-state index in [0.717, 1.165) is 0 Å². The molecular weight excluding hydrogens is 352 g/mol. The molecule has 0 radical (unpaired) electrons. The van der Waals surface area contributed by atoms with Crippen molar-refractivity contribution in [1.82, 2.24) is 0 Å². The van der Waals surface area contributed by atoms with Gasteiger partial charge in [-0.3, -0.25) is 0 Å². The second-order valence-electron chi connectivity index (χ2n) is 6.43. The number of phenols is 4. The SMILES string of the molecule is Oc1ccccc1-c1cccc(O)c1-c1cccc(O)c1-c1ccccc1O. The largest absolute Gasteiger partial charge is 0.507 e. The Bertz CT molecular complexity index is 1160. The van der Waals surface area contributed by atoms with Crippen molar-refractivity contribution in [3.63, 3.8) is 0 Å². The summed E-state index contributed by atoms with van der Waals surface area (Å²) in [7, 11) is 0. The van der Waals surface area contributed by atoms with Crippen LogP contribution >= 0.6 is 0 Å². The fraction of sp³-hybridized carbons (Fsp3) is 0. The molecule has 0 saturated carbocycles. The second kappa shape index (κ2) is 7.00. The molecule has 0 aromatic heterocycles. The van der Waals surface area contributed by atoms with E-state index in [1.165, 1.54) is 6.07 Å². The van der Waals surface area contributed by atoms with Gasteiger partial charge >= 0.3 is 0 Å². The van der Waals surface area contributed by atoms with Gasteiger partial charge in [-0.1, -0.05) is 60.7 Å². The summed E-state index contributed by atoms with van der Waals surface area (Å²) in [6.07, 6.45) is 0. The summed E-state index contributed by atoms with van der Waals surface area (Å²) in [4.78, 5) is 0. The zero-order valence-corrected chi connectivity index (χ0v) is 14.9. The van der Waals surface area contributed by atoms with Crippen molar-refractivity contribution in [2.75, 3.05) is 0 Å². The van der Waals surface area contributed by atoms with E-state index < -0.39 is 0 Å². The molecule has 0 aliphatic heterocycles. The smallest absolute Gasteiger partial charge is 0.124 e.